The van der Waals surface area contributed by atoms with Crippen molar-refractivity contribution in [3.8, 4) is 22.9 Å². The number of aromatic nitrogens is 3. The third-order valence-corrected chi connectivity index (χ3v) is 7.02. The van der Waals surface area contributed by atoms with Gasteiger partial charge in [0, 0.05) is 38.3 Å². The van der Waals surface area contributed by atoms with E-state index in [1.54, 1.807) is 29.1 Å². The Labute approximate surface area is 222 Å². The number of nitriles is 1. The minimum absolute atomic E-state index is 0.00520. The van der Waals surface area contributed by atoms with E-state index < -0.39 is 31.1 Å². The van der Waals surface area contributed by atoms with Crippen molar-refractivity contribution in [2.45, 2.75) is 30.8 Å². The molecular weight excluding hydrogens is 510 g/mol. The van der Waals surface area contributed by atoms with Crippen LogP contribution in [-0.4, -0.2) is 68.3 Å². The molecule has 0 unspecified atom stereocenters. The van der Waals surface area contributed by atoms with Crippen molar-refractivity contribution in [1.29, 1.82) is 5.26 Å². The number of benzene rings is 1. The topological polar surface area (TPSA) is 133 Å². The average Bonchev–Trinajstić information content (AvgIpc) is 3.62. The van der Waals surface area contributed by atoms with Crippen molar-refractivity contribution in [1.82, 2.24) is 19.7 Å². The van der Waals surface area contributed by atoms with Crippen molar-refractivity contribution >= 4 is 17.6 Å². The van der Waals surface area contributed by atoms with E-state index in [4.69, 9.17) is 9.84 Å². The number of hydrogen-bond donors (Lipinski definition) is 2. The number of pyridine rings is 1. The van der Waals surface area contributed by atoms with Crippen LogP contribution in [0.1, 0.15) is 29.9 Å². The molecule has 2 N–H and O–H groups in total. The maximum Gasteiger partial charge on any atom is 0.301 e. The summed E-state index contributed by atoms with van der Waals surface area (Å²) in [4.78, 5) is 29.5. The molecule has 202 valence electrons. The Balaban J connectivity index is 1.27. The van der Waals surface area contributed by atoms with Gasteiger partial charge < -0.3 is 20.1 Å². The number of halogens is 2. The third kappa shape index (κ3) is 5.58. The monoisotopic (exact) mass is 536 g/mol. The maximum absolute atomic E-state index is 14.7. The van der Waals surface area contributed by atoms with Gasteiger partial charge in [0.15, 0.2) is 6.10 Å². The molecule has 1 aromatic carbocycles. The Kier molecular flexibility index (Phi) is 7.01. The molecule has 3 aromatic rings. The zero-order chi connectivity index (χ0) is 27.7. The van der Waals surface area contributed by atoms with Crippen molar-refractivity contribution in [3.05, 3.63) is 60.0 Å². The van der Waals surface area contributed by atoms with Gasteiger partial charge in [0.1, 0.15) is 24.2 Å². The second kappa shape index (κ2) is 10.4. The summed E-state index contributed by atoms with van der Waals surface area (Å²) in [5.41, 5.74) is 2.38. The first-order valence-electron chi connectivity index (χ1n) is 12.4. The van der Waals surface area contributed by atoms with Gasteiger partial charge in [-0.2, -0.15) is 10.4 Å². The molecule has 2 amide bonds. The van der Waals surface area contributed by atoms with Crippen LogP contribution < -0.4 is 10.1 Å². The predicted octanol–water partition coefficient (Wildman–Crippen LogP) is 2.70. The van der Waals surface area contributed by atoms with Crippen LogP contribution in [0.5, 0.6) is 5.75 Å². The van der Waals surface area contributed by atoms with Crippen molar-refractivity contribution in [3.63, 3.8) is 0 Å². The van der Waals surface area contributed by atoms with E-state index in [1.165, 1.54) is 18.3 Å². The first-order valence-corrected chi connectivity index (χ1v) is 12.4. The number of rotatable bonds is 7. The molecule has 12 heteroatoms. The number of anilines is 1. The molecular formula is C27H26F2N6O4. The SMILES string of the molecule is Cn1cc([C@@H]2C[C@H]2C(=O)Nc2cc(-c3ccc(O[C@H]4CCN(C(=O)CO)CC4(F)F)c(C#N)c3)ccn2)cn1. The molecule has 0 spiro atoms. The maximum atomic E-state index is 14.7. The van der Waals surface area contributed by atoms with Gasteiger partial charge in [-0.15, -0.1) is 0 Å². The van der Waals surface area contributed by atoms with E-state index in [1.807, 2.05) is 19.3 Å². The number of carbonyl (C=O) groups is 2. The first-order chi connectivity index (χ1) is 18.7. The van der Waals surface area contributed by atoms with Gasteiger partial charge in [-0.1, -0.05) is 6.07 Å². The summed E-state index contributed by atoms with van der Waals surface area (Å²) in [5.74, 6) is -3.93. The van der Waals surface area contributed by atoms with E-state index in [9.17, 15) is 23.6 Å². The predicted molar refractivity (Wildman–Crippen MR) is 135 cm³/mol. The number of aliphatic hydroxyl groups is 1. The van der Waals surface area contributed by atoms with Gasteiger partial charge in [-0.3, -0.25) is 14.3 Å². The number of hydrogen-bond acceptors (Lipinski definition) is 7. The number of aliphatic hydroxyl groups excluding tert-OH is 1. The minimum atomic E-state index is -3.36. The quantitative estimate of drug-likeness (QED) is 0.474. The summed E-state index contributed by atoms with van der Waals surface area (Å²) in [5, 5.41) is 25.6. The Morgan fingerprint density at radius 3 is 2.77 bits per heavy atom. The number of amides is 2. The fraction of sp³-hybridized carbons (Fsp3) is 0.370. The number of carbonyl (C=O) groups excluding carboxylic acids is 2. The Bertz CT molecular complexity index is 1450. The third-order valence-electron chi connectivity index (χ3n) is 7.02. The lowest BCUT2D eigenvalue weighted by Gasteiger charge is -2.38. The van der Waals surface area contributed by atoms with E-state index in [0.29, 0.717) is 16.9 Å². The summed E-state index contributed by atoms with van der Waals surface area (Å²) >= 11 is 0. The molecule has 1 aliphatic carbocycles. The van der Waals surface area contributed by atoms with Crippen molar-refractivity contribution in [2.24, 2.45) is 13.0 Å². The zero-order valence-corrected chi connectivity index (χ0v) is 21.1. The highest BCUT2D eigenvalue weighted by Crippen LogP contribution is 2.47. The summed E-state index contributed by atoms with van der Waals surface area (Å²) in [6, 6.07) is 10.0. The van der Waals surface area contributed by atoms with Crippen LogP contribution in [0, 0.1) is 17.2 Å². The van der Waals surface area contributed by atoms with Crippen LogP contribution in [0.2, 0.25) is 0 Å². The van der Waals surface area contributed by atoms with Crippen LogP contribution in [-0.2, 0) is 16.6 Å². The number of likely N-dealkylation sites (tertiary alicyclic amines) is 1. The van der Waals surface area contributed by atoms with Gasteiger partial charge in [-0.05, 0) is 53.3 Å². The molecule has 1 saturated carbocycles. The number of nitrogens with one attached hydrogen (secondary N) is 1. The molecule has 2 aromatic heterocycles. The number of aryl methyl sites for hydroxylation is 1. The highest BCUT2D eigenvalue weighted by molar-refractivity contribution is 5.95. The molecule has 1 aliphatic heterocycles. The molecule has 2 fully saturated rings. The molecule has 3 atom stereocenters. The molecule has 10 nitrogen and oxygen atoms in total. The van der Waals surface area contributed by atoms with Crippen LogP contribution in [0.25, 0.3) is 11.1 Å². The molecule has 5 rings (SSSR count). The van der Waals surface area contributed by atoms with Crippen LogP contribution in [0.3, 0.4) is 0 Å². The van der Waals surface area contributed by atoms with E-state index >= 15 is 0 Å². The highest BCUT2D eigenvalue weighted by Gasteiger charge is 2.48. The molecule has 0 radical (unpaired) electrons. The Morgan fingerprint density at radius 2 is 2.08 bits per heavy atom. The Hall–Kier alpha value is -4.37. The second-order valence-corrected chi connectivity index (χ2v) is 9.77. The van der Waals surface area contributed by atoms with E-state index in [2.05, 4.69) is 15.4 Å². The summed E-state index contributed by atoms with van der Waals surface area (Å²) < 4.78 is 36.6. The molecule has 3 heterocycles. The van der Waals surface area contributed by atoms with E-state index in [0.717, 1.165) is 16.9 Å². The number of piperidine rings is 1. The lowest BCUT2D eigenvalue weighted by molar-refractivity contribution is -0.161. The molecule has 0 bridgehead atoms. The van der Waals surface area contributed by atoms with Gasteiger partial charge in [0.25, 0.3) is 0 Å². The summed E-state index contributed by atoms with van der Waals surface area (Å²) in [6.45, 7) is -1.70. The van der Waals surface area contributed by atoms with Gasteiger partial charge in [0.05, 0.1) is 18.3 Å². The van der Waals surface area contributed by atoms with Gasteiger partial charge in [0.2, 0.25) is 11.8 Å². The highest BCUT2D eigenvalue weighted by atomic mass is 19.3. The fourth-order valence-corrected chi connectivity index (χ4v) is 4.81. The number of nitrogens with zero attached hydrogens (tertiary/aromatic N) is 5. The van der Waals surface area contributed by atoms with Crippen LogP contribution in [0.15, 0.2) is 48.9 Å². The zero-order valence-electron chi connectivity index (χ0n) is 21.1. The first kappa shape index (κ1) is 26.2. The lowest BCUT2D eigenvalue weighted by Crippen LogP contribution is -2.55. The Morgan fingerprint density at radius 1 is 1.28 bits per heavy atom. The average molecular weight is 537 g/mol. The largest absolute Gasteiger partial charge is 0.483 e. The fourth-order valence-electron chi connectivity index (χ4n) is 4.81. The smallest absolute Gasteiger partial charge is 0.301 e. The van der Waals surface area contributed by atoms with Gasteiger partial charge >= 0.3 is 5.92 Å². The van der Waals surface area contributed by atoms with Crippen LogP contribution in [0.4, 0.5) is 14.6 Å². The van der Waals surface area contributed by atoms with Crippen molar-refractivity contribution in [2.75, 3.05) is 25.0 Å². The number of ether oxygens (including phenoxy) is 1. The standard InChI is InChI=1S/C27H26F2N6O4/c1-34-13-19(12-32-34)20-10-21(20)26(38)33-24-9-17(4-6-31-24)16-2-3-22(18(8-16)11-30)39-23-5-7-35(25(37)14-36)15-27(23,28)29/h2-4,6,8-9,12-13,20-21,23,36H,5,7,10,14-15H2,1H3,(H,31,33,38)/t20-,21+,23-/m0/s1. The minimum Gasteiger partial charge on any atom is -0.483 e. The van der Waals surface area contributed by atoms with E-state index in [-0.39, 0.29) is 42.0 Å². The van der Waals surface area contributed by atoms with Gasteiger partial charge in [-0.25, -0.2) is 13.8 Å². The van der Waals surface area contributed by atoms with Crippen molar-refractivity contribution < 1.29 is 28.2 Å². The van der Waals surface area contributed by atoms with Crippen LogP contribution >= 0.6 is 0 Å². The normalized spacial score (nSPS) is 21.6. The summed E-state index contributed by atoms with van der Waals surface area (Å²) in [6.07, 6.45) is 4.26. The summed E-state index contributed by atoms with van der Waals surface area (Å²) in [7, 11) is 1.83. The molecule has 2 aliphatic rings. The lowest BCUT2D eigenvalue weighted by atomic mass is 10.0. The molecule has 1 saturated heterocycles. The number of alkyl halides is 2. The molecule has 39 heavy (non-hydrogen) atoms. The second-order valence-electron chi connectivity index (χ2n) is 9.77.